The van der Waals surface area contributed by atoms with Crippen molar-refractivity contribution in [2.75, 3.05) is 19.7 Å². The summed E-state index contributed by atoms with van der Waals surface area (Å²) in [4.78, 5) is 11.6. The molecule has 4 heteroatoms. The minimum atomic E-state index is 0.0492. The molecule has 1 rings (SSSR count). The van der Waals surface area contributed by atoms with Crippen molar-refractivity contribution in [1.82, 2.24) is 10.6 Å². The first-order valence-corrected chi connectivity index (χ1v) is 5.27. The second-order valence-electron chi connectivity index (χ2n) is 4.15. The van der Waals surface area contributed by atoms with E-state index in [4.69, 9.17) is 5.11 Å². The van der Waals surface area contributed by atoms with Gasteiger partial charge in [0.05, 0.1) is 5.92 Å². The number of amides is 1. The van der Waals surface area contributed by atoms with Crippen molar-refractivity contribution < 1.29 is 9.90 Å². The summed E-state index contributed by atoms with van der Waals surface area (Å²) in [5, 5.41) is 15.0. The molecule has 3 unspecified atom stereocenters. The summed E-state index contributed by atoms with van der Waals surface area (Å²) in [6.07, 6.45) is 0.923. The SMILES string of the molecule is CC(CO)C(C)NC(=O)C1CCNC1. The van der Waals surface area contributed by atoms with E-state index in [0.717, 1.165) is 19.5 Å². The van der Waals surface area contributed by atoms with E-state index in [0.29, 0.717) is 0 Å². The molecule has 0 radical (unpaired) electrons. The van der Waals surface area contributed by atoms with Crippen LogP contribution < -0.4 is 10.6 Å². The minimum absolute atomic E-state index is 0.0492. The van der Waals surface area contributed by atoms with Gasteiger partial charge in [0.15, 0.2) is 0 Å². The first-order chi connectivity index (χ1) is 6.65. The zero-order valence-electron chi connectivity index (χ0n) is 8.92. The molecule has 1 aliphatic rings. The van der Waals surface area contributed by atoms with Crippen molar-refractivity contribution in [2.45, 2.75) is 26.3 Å². The van der Waals surface area contributed by atoms with Gasteiger partial charge in [-0.25, -0.2) is 0 Å². The van der Waals surface area contributed by atoms with E-state index < -0.39 is 0 Å². The van der Waals surface area contributed by atoms with E-state index in [1.54, 1.807) is 0 Å². The molecular formula is C10H20N2O2. The Morgan fingerprint density at radius 3 is 2.86 bits per heavy atom. The van der Waals surface area contributed by atoms with Crippen LogP contribution >= 0.6 is 0 Å². The molecule has 14 heavy (non-hydrogen) atoms. The fourth-order valence-electron chi connectivity index (χ4n) is 1.52. The maximum atomic E-state index is 11.6. The van der Waals surface area contributed by atoms with Crippen LogP contribution in [0, 0.1) is 11.8 Å². The van der Waals surface area contributed by atoms with E-state index in [-0.39, 0.29) is 30.4 Å². The highest BCUT2D eigenvalue weighted by atomic mass is 16.3. The predicted molar refractivity (Wildman–Crippen MR) is 54.8 cm³/mol. The molecular weight excluding hydrogens is 180 g/mol. The monoisotopic (exact) mass is 200 g/mol. The van der Waals surface area contributed by atoms with Crippen LogP contribution in [0.25, 0.3) is 0 Å². The Labute approximate surface area is 85.1 Å². The van der Waals surface area contributed by atoms with Crippen molar-refractivity contribution >= 4 is 5.91 Å². The van der Waals surface area contributed by atoms with Crippen LogP contribution in [0.15, 0.2) is 0 Å². The van der Waals surface area contributed by atoms with Gasteiger partial charge in [0, 0.05) is 19.2 Å². The van der Waals surface area contributed by atoms with Crippen LogP contribution in [0.1, 0.15) is 20.3 Å². The number of nitrogens with one attached hydrogen (secondary N) is 2. The molecule has 1 heterocycles. The Morgan fingerprint density at radius 1 is 1.64 bits per heavy atom. The lowest BCUT2D eigenvalue weighted by molar-refractivity contribution is -0.125. The smallest absolute Gasteiger partial charge is 0.224 e. The lowest BCUT2D eigenvalue weighted by Crippen LogP contribution is -2.42. The fourth-order valence-corrected chi connectivity index (χ4v) is 1.52. The molecule has 1 amide bonds. The van der Waals surface area contributed by atoms with E-state index in [1.165, 1.54) is 0 Å². The summed E-state index contributed by atoms with van der Waals surface area (Å²) in [7, 11) is 0. The third-order valence-electron chi connectivity index (χ3n) is 2.94. The Kier molecular flexibility index (Phi) is 4.35. The molecule has 0 aliphatic carbocycles. The van der Waals surface area contributed by atoms with Crippen molar-refractivity contribution in [3.8, 4) is 0 Å². The first kappa shape index (κ1) is 11.5. The lowest BCUT2D eigenvalue weighted by atomic mass is 10.0. The van der Waals surface area contributed by atoms with Gasteiger partial charge in [-0.2, -0.15) is 0 Å². The third-order valence-corrected chi connectivity index (χ3v) is 2.94. The Balaban J connectivity index is 2.31. The zero-order valence-corrected chi connectivity index (χ0v) is 8.92. The van der Waals surface area contributed by atoms with Crippen molar-refractivity contribution in [2.24, 2.45) is 11.8 Å². The van der Waals surface area contributed by atoms with Gasteiger partial charge in [-0.1, -0.05) is 6.92 Å². The van der Waals surface area contributed by atoms with Gasteiger partial charge < -0.3 is 15.7 Å². The molecule has 0 saturated carbocycles. The van der Waals surface area contributed by atoms with Gasteiger partial charge in [-0.05, 0) is 25.8 Å². The topological polar surface area (TPSA) is 61.4 Å². The molecule has 0 aromatic carbocycles. The molecule has 82 valence electrons. The number of rotatable bonds is 4. The summed E-state index contributed by atoms with van der Waals surface area (Å²) < 4.78 is 0. The highest BCUT2D eigenvalue weighted by Crippen LogP contribution is 2.09. The van der Waals surface area contributed by atoms with E-state index in [2.05, 4.69) is 10.6 Å². The molecule has 1 saturated heterocycles. The van der Waals surface area contributed by atoms with E-state index in [9.17, 15) is 4.79 Å². The van der Waals surface area contributed by atoms with Crippen LogP contribution in [0.2, 0.25) is 0 Å². The average Bonchev–Trinajstić information content (AvgIpc) is 2.69. The fraction of sp³-hybridized carbons (Fsp3) is 0.900. The predicted octanol–water partition coefficient (Wildman–Crippen LogP) is -0.271. The second-order valence-corrected chi connectivity index (χ2v) is 4.15. The van der Waals surface area contributed by atoms with Crippen LogP contribution in [0.4, 0.5) is 0 Å². The quantitative estimate of drug-likeness (QED) is 0.585. The molecule has 4 nitrogen and oxygen atoms in total. The maximum Gasteiger partial charge on any atom is 0.224 e. The summed E-state index contributed by atoms with van der Waals surface area (Å²) in [6, 6.07) is 0.0492. The van der Waals surface area contributed by atoms with Gasteiger partial charge in [-0.3, -0.25) is 4.79 Å². The molecule has 0 spiro atoms. The van der Waals surface area contributed by atoms with Crippen LogP contribution in [0.5, 0.6) is 0 Å². The highest BCUT2D eigenvalue weighted by Gasteiger charge is 2.24. The largest absolute Gasteiger partial charge is 0.396 e. The van der Waals surface area contributed by atoms with Crippen LogP contribution in [0.3, 0.4) is 0 Å². The minimum Gasteiger partial charge on any atom is -0.396 e. The van der Waals surface area contributed by atoms with Gasteiger partial charge in [-0.15, -0.1) is 0 Å². The second kappa shape index (κ2) is 5.32. The summed E-state index contributed by atoms with van der Waals surface area (Å²) in [5.74, 6) is 0.347. The van der Waals surface area contributed by atoms with Crippen LogP contribution in [-0.2, 0) is 4.79 Å². The molecule has 1 fully saturated rings. The van der Waals surface area contributed by atoms with Gasteiger partial charge in [0.1, 0.15) is 0 Å². The van der Waals surface area contributed by atoms with E-state index in [1.807, 2.05) is 13.8 Å². The number of hydrogen-bond acceptors (Lipinski definition) is 3. The molecule has 1 aliphatic heterocycles. The van der Waals surface area contributed by atoms with Gasteiger partial charge >= 0.3 is 0 Å². The van der Waals surface area contributed by atoms with Crippen molar-refractivity contribution in [3.05, 3.63) is 0 Å². The standard InChI is InChI=1S/C10H20N2O2/c1-7(6-13)8(2)12-10(14)9-3-4-11-5-9/h7-9,11,13H,3-6H2,1-2H3,(H,12,14). The number of carbonyl (C=O) groups excluding carboxylic acids is 1. The van der Waals surface area contributed by atoms with Crippen LogP contribution in [-0.4, -0.2) is 36.8 Å². The molecule has 3 atom stereocenters. The normalized spacial score (nSPS) is 25.8. The number of carbonyl (C=O) groups is 1. The average molecular weight is 200 g/mol. The number of aliphatic hydroxyl groups excluding tert-OH is 1. The van der Waals surface area contributed by atoms with Gasteiger partial charge in [0.2, 0.25) is 5.91 Å². The van der Waals surface area contributed by atoms with Gasteiger partial charge in [0.25, 0.3) is 0 Å². The van der Waals surface area contributed by atoms with E-state index >= 15 is 0 Å². The first-order valence-electron chi connectivity index (χ1n) is 5.27. The Hall–Kier alpha value is -0.610. The van der Waals surface area contributed by atoms with Crippen molar-refractivity contribution in [3.63, 3.8) is 0 Å². The summed E-state index contributed by atoms with van der Waals surface area (Å²) in [5.41, 5.74) is 0. The summed E-state index contributed by atoms with van der Waals surface area (Å²) >= 11 is 0. The highest BCUT2D eigenvalue weighted by molar-refractivity contribution is 5.79. The number of hydrogen-bond donors (Lipinski definition) is 3. The molecule has 0 aromatic rings. The number of aliphatic hydroxyl groups is 1. The summed E-state index contributed by atoms with van der Waals surface area (Å²) in [6.45, 7) is 5.69. The maximum absolute atomic E-state index is 11.6. The third kappa shape index (κ3) is 2.96. The molecule has 0 aromatic heterocycles. The molecule has 0 bridgehead atoms. The lowest BCUT2D eigenvalue weighted by Gasteiger charge is -2.21. The van der Waals surface area contributed by atoms with Crippen molar-refractivity contribution in [1.29, 1.82) is 0 Å². The Morgan fingerprint density at radius 2 is 2.36 bits per heavy atom. The Bertz CT molecular complexity index is 191. The zero-order chi connectivity index (χ0) is 10.6. The molecule has 3 N–H and O–H groups in total.